The summed E-state index contributed by atoms with van der Waals surface area (Å²) in [6, 6.07) is 4.02. The van der Waals surface area contributed by atoms with Crippen molar-refractivity contribution < 1.29 is 22.4 Å². The average molecular weight is 1050 g/mol. The van der Waals surface area contributed by atoms with Crippen LogP contribution in [0.25, 0.3) is 0 Å². The molecule has 12 heterocycles. The minimum absolute atomic E-state index is 0.606. The molecule has 0 aliphatic rings. The largest absolute Gasteiger partial charge is 0.472 e. The second-order valence-corrected chi connectivity index (χ2v) is 15.9. The number of imidazole rings is 2. The predicted octanol–water partition coefficient (Wildman–Crippen LogP) is 8.51. The molecule has 12 aromatic heterocycles. The number of nitrogens with zero attached hydrogens (tertiary/aromatic N) is 18. The van der Waals surface area contributed by atoms with Gasteiger partial charge in [-0.2, -0.15) is 30.9 Å². The van der Waals surface area contributed by atoms with Crippen LogP contribution in [0.5, 0.6) is 0 Å². The summed E-state index contributed by atoms with van der Waals surface area (Å²) >= 11 is 4.71. The van der Waals surface area contributed by atoms with E-state index in [4.69, 9.17) is 4.42 Å². The van der Waals surface area contributed by atoms with Crippen LogP contribution in [0.3, 0.4) is 0 Å². The highest BCUT2D eigenvalue weighted by molar-refractivity contribution is 7.09. The van der Waals surface area contributed by atoms with E-state index in [0.717, 1.165) is 44.6 Å². The number of nitrogens with one attached hydrogen (secondary N) is 4. The Balaban J connectivity index is 0.000000393. The van der Waals surface area contributed by atoms with E-state index >= 15 is 0 Å². The molecule has 384 valence electrons. The topological polar surface area (TPSA) is 361 Å². The molecule has 30 heteroatoms. The number of aromatic nitrogens is 22. The van der Waals surface area contributed by atoms with Crippen LogP contribution < -0.4 is 0 Å². The van der Waals surface area contributed by atoms with Crippen molar-refractivity contribution in [2.75, 3.05) is 0 Å². The van der Waals surface area contributed by atoms with Crippen molar-refractivity contribution in [3.63, 3.8) is 0 Å². The molecule has 0 aliphatic heterocycles. The summed E-state index contributed by atoms with van der Waals surface area (Å²) in [5.74, 6) is 4.64. The summed E-state index contributed by atoms with van der Waals surface area (Å²) in [6.07, 6.45) is 20.6. The molecular formula is C42H58N22O5S3. The lowest BCUT2D eigenvalue weighted by Crippen LogP contribution is -1.68. The Morgan fingerprint density at radius 1 is 0.611 bits per heavy atom. The van der Waals surface area contributed by atoms with Gasteiger partial charge in [0.15, 0.2) is 12.1 Å². The van der Waals surface area contributed by atoms with Gasteiger partial charge in [0.25, 0.3) is 0 Å². The lowest BCUT2D eigenvalue weighted by atomic mass is 10.4. The number of furan rings is 1. The van der Waals surface area contributed by atoms with Crippen molar-refractivity contribution in [3.8, 4) is 0 Å². The molecule has 0 saturated carbocycles. The lowest BCUT2D eigenvalue weighted by molar-refractivity contribution is 0.374. The SMILES string of the molecule is Cc1ccoc1.Cc1ccsc1.Cc1cnc[nH]1.Cc1cnno1.Cc1conn1.Cc1ncc[nH]1.Cc1ncn[nH]1.Cc1ncn[nH]1.Cc1ncno1.Cc1ncns1.Cc1nnco1.Cc1nncs1. The molecule has 72 heavy (non-hydrogen) atoms. The summed E-state index contributed by atoms with van der Waals surface area (Å²) in [4.78, 5) is 28.4. The molecular weight excluding hydrogens is 989 g/mol. The molecule has 0 fully saturated rings. The first kappa shape index (κ1) is 61.4. The Morgan fingerprint density at radius 2 is 1.38 bits per heavy atom. The Labute approximate surface area is 426 Å². The number of aromatic amines is 4. The highest BCUT2D eigenvalue weighted by atomic mass is 32.1. The van der Waals surface area contributed by atoms with Crippen molar-refractivity contribution in [2.24, 2.45) is 0 Å². The molecule has 27 nitrogen and oxygen atoms in total. The summed E-state index contributed by atoms with van der Waals surface area (Å²) in [5, 5.41) is 49.5. The first-order valence-electron chi connectivity index (χ1n) is 20.6. The smallest absolute Gasteiger partial charge is 0.223 e. The second kappa shape index (κ2) is 41.3. The van der Waals surface area contributed by atoms with Crippen LogP contribution in [0.1, 0.15) is 67.5 Å². The molecule has 0 unspecified atom stereocenters. The average Bonchev–Trinajstić information content (AvgIpc) is 4.18. The van der Waals surface area contributed by atoms with Crippen LogP contribution >= 0.6 is 34.2 Å². The van der Waals surface area contributed by atoms with Crippen molar-refractivity contribution in [1.29, 1.82) is 0 Å². The third-order valence-corrected chi connectivity index (χ3v) is 8.48. The van der Waals surface area contributed by atoms with Crippen LogP contribution in [0.15, 0.2) is 132 Å². The molecule has 0 aliphatic carbocycles. The van der Waals surface area contributed by atoms with Gasteiger partial charge in [0.1, 0.15) is 63.9 Å². The van der Waals surface area contributed by atoms with Gasteiger partial charge in [-0.15, -0.1) is 41.9 Å². The molecule has 0 bridgehead atoms. The van der Waals surface area contributed by atoms with Crippen LogP contribution in [-0.2, 0) is 0 Å². The van der Waals surface area contributed by atoms with E-state index in [9.17, 15) is 0 Å². The fraction of sp³-hybridized carbons (Fsp3) is 0.286. The zero-order chi connectivity index (χ0) is 52.9. The van der Waals surface area contributed by atoms with Crippen molar-refractivity contribution in [2.45, 2.75) is 83.1 Å². The van der Waals surface area contributed by atoms with Crippen molar-refractivity contribution >= 4 is 34.2 Å². The Kier molecular flexibility index (Phi) is 35.2. The maximum atomic E-state index is 4.71. The van der Waals surface area contributed by atoms with Gasteiger partial charge in [-0.05, 0) is 115 Å². The Hall–Kier alpha value is -8.64. The summed E-state index contributed by atoms with van der Waals surface area (Å²) in [6.45, 7) is 22.6. The molecule has 12 aromatic rings. The molecule has 0 aromatic carbocycles. The van der Waals surface area contributed by atoms with Gasteiger partial charge in [0.05, 0.1) is 25.1 Å². The first-order valence-corrected chi connectivity index (χ1v) is 23.2. The van der Waals surface area contributed by atoms with E-state index in [1.807, 2.05) is 61.5 Å². The minimum atomic E-state index is 0.606. The minimum Gasteiger partial charge on any atom is -0.472 e. The molecule has 0 radical (unpaired) electrons. The molecule has 12 rings (SSSR count). The molecule has 0 saturated heterocycles. The lowest BCUT2D eigenvalue weighted by Gasteiger charge is -1.68. The second-order valence-electron chi connectivity index (χ2n) is 13.1. The van der Waals surface area contributed by atoms with Gasteiger partial charge < -0.3 is 32.4 Å². The fourth-order valence-corrected chi connectivity index (χ4v) is 4.56. The van der Waals surface area contributed by atoms with Gasteiger partial charge in [-0.1, -0.05) is 5.16 Å². The van der Waals surface area contributed by atoms with E-state index in [1.165, 1.54) is 54.3 Å². The number of hydrogen-bond acceptors (Lipinski definition) is 26. The number of thiophene rings is 1. The van der Waals surface area contributed by atoms with Crippen LogP contribution in [-0.4, -0.2) is 111 Å². The summed E-state index contributed by atoms with van der Waals surface area (Å²) in [5.41, 5.74) is 6.18. The number of aryl methyl sites for hydroxylation is 12. The fourth-order valence-electron chi connectivity index (χ4n) is 3.21. The van der Waals surface area contributed by atoms with Crippen LogP contribution in [0, 0.1) is 83.1 Å². The van der Waals surface area contributed by atoms with Crippen molar-refractivity contribution in [3.05, 3.63) is 178 Å². The Bertz CT molecular complexity index is 2040. The van der Waals surface area contributed by atoms with Gasteiger partial charge in [0.2, 0.25) is 18.2 Å². The normalized spacial score (nSPS) is 8.83. The third-order valence-electron chi connectivity index (χ3n) is 6.49. The summed E-state index contributed by atoms with van der Waals surface area (Å²) in [7, 11) is 0. The number of hydrogen-bond donors (Lipinski definition) is 4. The van der Waals surface area contributed by atoms with E-state index in [2.05, 4.69) is 153 Å². The maximum Gasteiger partial charge on any atom is 0.223 e. The van der Waals surface area contributed by atoms with Gasteiger partial charge in [0, 0.05) is 48.7 Å². The van der Waals surface area contributed by atoms with E-state index in [0.29, 0.717) is 11.8 Å². The number of H-pyrrole nitrogens is 4. The highest BCUT2D eigenvalue weighted by Crippen LogP contribution is 2.01. The third kappa shape index (κ3) is 39.4. The van der Waals surface area contributed by atoms with Gasteiger partial charge in [-0.25, -0.2) is 24.9 Å². The first-order chi connectivity index (χ1) is 34.7. The molecule has 4 N–H and O–H groups in total. The van der Waals surface area contributed by atoms with E-state index in [1.54, 1.807) is 98.9 Å². The van der Waals surface area contributed by atoms with Gasteiger partial charge >= 0.3 is 0 Å². The maximum absolute atomic E-state index is 4.71. The van der Waals surface area contributed by atoms with Crippen LogP contribution in [0.2, 0.25) is 0 Å². The quantitative estimate of drug-likeness (QED) is 0.110. The Morgan fingerprint density at radius 3 is 1.53 bits per heavy atom. The monoisotopic (exact) mass is 1050 g/mol. The standard InChI is InChI=1S/C5H6O.C5H6S.2C4H6N2.2C3H5N3.4C3H4N2O.2C3H4N2S/c2*1-5-2-3-6-4-5;1-4-2-5-3-6-4;1-4-5-2-3-6-4;2*1-3-4-2-5-6-3;1-3-5-4-2-6-3;1-3-4-2-5-6-3;1-3-2-6-5-4-3;1-3-2-4-5-6-3;1-3-5-4-2-6-3;1-3-4-2-5-6-3/h2*2-4H,1H3;2*2-3H,1H3,(H,5,6);2*2H,1H3,(H,4,5,6);6*2H,1H3. The molecule has 0 atom stereocenters. The summed E-state index contributed by atoms with van der Waals surface area (Å²) < 4.78 is 26.4. The van der Waals surface area contributed by atoms with E-state index in [-0.39, 0.29) is 0 Å². The van der Waals surface area contributed by atoms with E-state index < -0.39 is 0 Å². The zero-order valence-electron chi connectivity index (χ0n) is 41.7. The molecule has 0 amide bonds. The molecule has 0 spiro atoms. The highest BCUT2D eigenvalue weighted by Gasteiger charge is 1.83. The van der Waals surface area contributed by atoms with Crippen molar-refractivity contribution in [1.82, 2.24) is 111 Å². The zero-order valence-corrected chi connectivity index (χ0v) is 44.2. The number of rotatable bonds is 0. The predicted molar refractivity (Wildman–Crippen MR) is 267 cm³/mol. The van der Waals surface area contributed by atoms with Gasteiger partial charge in [-0.3, -0.25) is 10.2 Å². The van der Waals surface area contributed by atoms with Crippen LogP contribution in [0.4, 0.5) is 0 Å².